The molecule has 0 rings (SSSR count). The quantitative estimate of drug-likeness (QED) is 0.0468. The number of hydrogen-bond donors (Lipinski definition) is 3. The van der Waals surface area contributed by atoms with Gasteiger partial charge in [-0.1, -0.05) is 89.5 Å². The molecule has 238 valence electrons. The van der Waals surface area contributed by atoms with Gasteiger partial charge in [0.15, 0.2) is 0 Å². The lowest BCUT2D eigenvalue weighted by Gasteiger charge is -2.18. The van der Waals surface area contributed by atoms with Gasteiger partial charge in [-0.3, -0.25) is 9.59 Å². The van der Waals surface area contributed by atoms with Crippen LogP contribution in [-0.4, -0.2) is 41.6 Å². The third kappa shape index (κ3) is 26.5. The molecule has 0 aromatic rings. The third-order valence-electron chi connectivity index (χ3n) is 7.25. The van der Waals surface area contributed by atoms with Gasteiger partial charge in [0.05, 0.1) is 0 Å². The van der Waals surface area contributed by atoms with Crippen LogP contribution in [-0.2, 0) is 19.1 Å². The molecule has 0 radical (unpaired) electrons. The van der Waals surface area contributed by atoms with Crippen LogP contribution in [0.15, 0.2) is 24.3 Å². The second-order valence-electron chi connectivity index (χ2n) is 11.2. The minimum absolute atomic E-state index is 0.0514. The van der Waals surface area contributed by atoms with Crippen molar-refractivity contribution in [3.8, 4) is 0 Å². The van der Waals surface area contributed by atoms with E-state index < -0.39 is 12.0 Å². The maximum Gasteiger partial charge on any atom is 0.326 e. The molecular formula is C34H62N2O5. The van der Waals surface area contributed by atoms with Gasteiger partial charge in [0.1, 0.15) is 12.1 Å². The van der Waals surface area contributed by atoms with E-state index in [0.29, 0.717) is 38.6 Å². The standard InChI is InChI=1S/C34H62N2O5/c1-3-5-7-9-10-11-12-13-14-15-16-17-22-28-33(38)41-30(24-19-8-6-4-2)25-20-18-21-27-32(37)36-31(34(39)40)26-23-29-35/h7,9,11-12,30-31H,3-6,8,10,13-29,35H2,1-2H3,(H,36,37)(H,39,40)/b9-7-,12-11-. The van der Waals surface area contributed by atoms with Crippen LogP contribution in [0.4, 0.5) is 0 Å². The number of nitrogens with one attached hydrogen (secondary N) is 1. The fraction of sp³-hybridized carbons (Fsp3) is 0.794. The number of allylic oxidation sites excluding steroid dienone is 4. The summed E-state index contributed by atoms with van der Waals surface area (Å²) in [6.45, 7) is 4.79. The average molecular weight is 579 g/mol. The number of ether oxygens (including phenoxy) is 1. The Hall–Kier alpha value is -2.15. The van der Waals surface area contributed by atoms with Crippen molar-refractivity contribution in [1.82, 2.24) is 5.32 Å². The van der Waals surface area contributed by atoms with Gasteiger partial charge in [-0.05, 0) is 83.6 Å². The molecule has 41 heavy (non-hydrogen) atoms. The van der Waals surface area contributed by atoms with Crippen LogP contribution in [0.25, 0.3) is 0 Å². The first-order valence-electron chi connectivity index (χ1n) is 16.7. The summed E-state index contributed by atoms with van der Waals surface area (Å²) in [5.74, 6) is -1.33. The minimum atomic E-state index is -1.02. The second-order valence-corrected chi connectivity index (χ2v) is 11.2. The van der Waals surface area contributed by atoms with Gasteiger partial charge in [-0.15, -0.1) is 0 Å². The molecule has 0 heterocycles. The van der Waals surface area contributed by atoms with Gasteiger partial charge in [0.25, 0.3) is 0 Å². The Kier molecular flexibility index (Phi) is 27.8. The molecule has 7 nitrogen and oxygen atoms in total. The van der Waals surface area contributed by atoms with E-state index in [4.69, 9.17) is 10.5 Å². The number of esters is 1. The summed E-state index contributed by atoms with van der Waals surface area (Å²) < 4.78 is 5.87. The fourth-order valence-corrected chi connectivity index (χ4v) is 4.72. The van der Waals surface area contributed by atoms with E-state index in [0.717, 1.165) is 77.0 Å². The molecule has 0 aliphatic carbocycles. The molecule has 0 spiro atoms. The summed E-state index contributed by atoms with van der Waals surface area (Å²) in [6.07, 6.45) is 29.5. The lowest BCUT2D eigenvalue weighted by Crippen LogP contribution is -2.40. The van der Waals surface area contributed by atoms with Crippen LogP contribution in [0.2, 0.25) is 0 Å². The van der Waals surface area contributed by atoms with E-state index >= 15 is 0 Å². The summed E-state index contributed by atoms with van der Waals surface area (Å²) in [5, 5.41) is 11.8. The first kappa shape index (κ1) is 38.9. The van der Waals surface area contributed by atoms with Crippen LogP contribution in [0.1, 0.15) is 155 Å². The van der Waals surface area contributed by atoms with E-state index in [9.17, 15) is 19.5 Å². The van der Waals surface area contributed by atoms with Gasteiger partial charge in [0, 0.05) is 12.8 Å². The molecule has 0 aromatic carbocycles. The zero-order valence-electron chi connectivity index (χ0n) is 26.4. The smallest absolute Gasteiger partial charge is 0.326 e. The van der Waals surface area contributed by atoms with Crippen LogP contribution in [0.5, 0.6) is 0 Å². The molecular weight excluding hydrogens is 516 g/mol. The number of unbranched alkanes of at least 4 members (excludes halogenated alkanes) is 11. The highest BCUT2D eigenvalue weighted by atomic mass is 16.5. The Morgan fingerprint density at radius 2 is 1.32 bits per heavy atom. The topological polar surface area (TPSA) is 119 Å². The van der Waals surface area contributed by atoms with Gasteiger partial charge < -0.3 is 20.9 Å². The molecule has 4 N–H and O–H groups in total. The molecule has 0 bridgehead atoms. The highest BCUT2D eigenvalue weighted by Gasteiger charge is 2.19. The van der Waals surface area contributed by atoms with Crippen LogP contribution in [0.3, 0.4) is 0 Å². The normalized spacial score (nSPS) is 13.0. The molecule has 2 atom stereocenters. The number of carbonyl (C=O) groups is 3. The maximum atomic E-state index is 12.5. The predicted octanol–water partition coefficient (Wildman–Crippen LogP) is 8.16. The van der Waals surface area contributed by atoms with Crippen molar-refractivity contribution in [1.29, 1.82) is 0 Å². The molecule has 0 aliphatic heterocycles. The molecule has 7 heteroatoms. The monoisotopic (exact) mass is 578 g/mol. The van der Waals surface area contributed by atoms with E-state index in [-0.39, 0.29) is 18.0 Å². The largest absolute Gasteiger partial charge is 0.480 e. The number of rotatable bonds is 29. The molecule has 2 unspecified atom stereocenters. The highest BCUT2D eigenvalue weighted by Crippen LogP contribution is 2.17. The van der Waals surface area contributed by atoms with Crippen molar-refractivity contribution in [2.24, 2.45) is 5.73 Å². The van der Waals surface area contributed by atoms with Gasteiger partial charge in [0.2, 0.25) is 5.91 Å². The number of carboxylic acid groups (broad SMARTS) is 1. The third-order valence-corrected chi connectivity index (χ3v) is 7.25. The Morgan fingerprint density at radius 1 is 0.707 bits per heavy atom. The van der Waals surface area contributed by atoms with Crippen molar-refractivity contribution in [2.75, 3.05) is 6.54 Å². The second kappa shape index (κ2) is 29.3. The number of carboxylic acids is 1. The molecule has 0 aromatic heterocycles. The zero-order valence-corrected chi connectivity index (χ0v) is 26.4. The Morgan fingerprint density at radius 3 is 1.98 bits per heavy atom. The minimum Gasteiger partial charge on any atom is -0.480 e. The highest BCUT2D eigenvalue weighted by molar-refractivity contribution is 5.83. The van der Waals surface area contributed by atoms with Crippen molar-refractivity contribution in [2.45, 2.75) is 167 Å². The number of amides is 1. The molecule has 0 saturated heterocycles. The van der Waals surface area contributed by atoms with E-state index in [1.54, 1.807) is 0 Å². The van der Waals surface area contributed by atoms with Gasteiger partial charge in [-0.25, -0.2) is 4.79 Å². The molecule has 0 fully saturated rings. The van der Waals surface area contributed by atoms with Crippen molar-refractivity contribution >= 4 is 17.8 Å². The number of carbonyl (C=O) groups excluding carboxylic acids is 2. The predicted molar refractivity (Wildman–Crippen MR) is 170 cm³/mol. The summed E-state index contributed by atoms with van der Waals surface area (Å²) in [5.41, 5.74) is 5.45. The number of hydrogen-bond acceptors (Lipinski definition) is 5. The summed E-state index contributed by atoms with van der Waals surface area (Å²) in [6, 6.07) is -0.872. The Bertz CT molecular complexity index is 707. The molecule has 0 saturated carbocycles. The van der Waals surface area contributed by atoms with E-state index in [1.165, 1.54) is 32.1 Å². The zero-order chi connectivity index (χ0) is 30.4. The summed E-state index contributed by atoms with van der Waals surface area (Å²) >= 11 is 0. The Balaban J connectivity index is 4.16. The van der Waals surface area contributed by atoms with Crippen molar-refractivity contribution < 1.29 is 24.2 Å². The summed E-state index contributed by atoms with van der Waals surface area (Å²) in [7, 11) is 0. The van der Waals surface area contributed by atoms with E-state index in [1.807, 2.05) is 0 Å². The van der Waals surface area contributed by atoms with Gasteiger partial charge >= 0.3 is 11.9 Å². The van der Waals surface area contributed by atoms with Crippen molar-refractivity contribution in [3.63, 3.8) is 0 Å². The van der Waals surface area contributed by atoms with Crippen LogP contribution < -0.4 is 11.1 Å². The SMILES string of the molecule is CCC/C=C\C/C=C\CCCCCCCC(=O)OC(CCCCCC)CCCCCC(=O)NC(CCCN)C(=O)O. The molecule has 1 amide bonds. The molecule has 0 aliphatic rings. The van der Waals surface area contributed by atoms with Gasteiger partial charge in [-0.2, -0.15) is 0 Å². The summed E-state index contributed by atoms with van der Waals surface area (Å²) in [4.78, 5) is 36.0. The first-order chi connectivity index (χ1) is 19.9. The lowest BCUT2D eigenvalue weighted by molar-refractivity contribution is -0.150. The number of aliphatic carboxylic acids is 1. The lowest BCUT2D eigenvalue weighted by atomic mass is 10.0. The van der Waals surface area contributed by atoms with Crippen LogP contribution >= 0.6 is 0 Å². The number of nitrogens with two attached hydrogens (primary N) is 1. The average Bonchev–Trinajstić information content (AvgIpc) is 2.95. The first-order valence-corrected chi connectivity index (χ1v) is 16.7. The van der Waals surface area contributed by atoms with Crippen molar-refractivity contribution in [3.05, 3.63) is 24.3 Å². The van der Waals surface area contributed by atoms with E-state index in [2.05, 4.69) is 43.5 Å². The maximum absolute atomic E-state index is 12.5. The Labute approximate surface area is 251 Å². The van der Waals surface area contributed by atoms with Crippen LogP contribution in [0, 0.1) is 0 Å². The fourth-order valence-electron chi connectivity index (χ4n) is 4.72.